The van der Waals surface area contributed by atoms with Crippen molar-refractivity contribution in [3.63, 3.8) is 0 Å². The summed E-state index contributed by atoms with van der Waals surface area (Å²) in [5, 5.41) is 13.6. The predicted molar refractivity (Wildman–Crippen MR) is 115 cm³/mol. The van der Waals surface area contributed by atoms with Crippen molar-refractivity contribution in [1.82, 2.24) is 24.8 Å². The van der Waals surface area contributed by atoms with Crippen molar-refractivity contribution in [2.45, 2.75) is 39.1 Å². The Morgan fingerprint density at radius 1 is 1.26 bits per heavy atom. The summed E-state index contributed by atoms with van der Waals surface area (Å²) in [4.78, 5) is 23.8. The minimum atomic E-state index is -0.547. The first-order valence-corrected chi connectivity index (χ1v) is 9.93. The van der Waals surface area contributed by atoms with E-state index in [2.05, 4.69) is 26.8 Å². The van der Waals surface area contributed by atoms with E-state index in [9.17, 15) is 14.3 Å². The van der Waals surface area contributed by atoms with Crippen LogP contribution in [-0.2, 0) is 25.3 Å². The molecule has 2 aromatic heterocycles. The van der Waals surface area contributed by atoms with E-state index in [1.165, 1.54) is 16.7 Å². The minimum absolute atomic E-state index is 0.120. The molecule has 4 rings (SSSR count). The molecule has 0 radical (unpaired) electrons. The lowest BCUT2D eigenvalue weighted by atomic mass is 10.0. The van der Waals surface area contributed by atoms with Crippen LogP contribution in [0.1, 0.15) is 36.5 Å². The van der Waals surface area contributed by atoms with Crippen LogP contribution < -0.4 is 10.9 Å². The van der Waals surface area contributed by atoms with E-state index in [-0.39, 0.29) is 11.5 Å². The average Bonchev–Trinajstić information content (AvgIpc) is 3.00. The molecule has 2 N–H and O–H groups in total. The zero-order chi connectivity index (χ0) is 22.2. The lowest BCUT2D eigenvalue weighted by Crippen LogP contribution is -2.35. The lowest BCUT2D eigenvalue weighted by molar-refractivity contribution is 0.115. The average molecular weight is 421 g/mol. The van der Waals surface area contributed by atoms with Gasteiger partial charge in [0.15, 0.2) is 0 Å². The number of aromatic hydroxyl groups is 1. The first-order chi connectivity index (χ1) is 14.8. The molecule has 0 saturated carbocycles. The molecule has 0 aliphatic carbocycles. The molecule has 0 saturated heterocycles. The number of halogens is 1. The fourth-order valence-corrected chi connectivity index (χ4v) is 3.70. The number of aromatic nitrogens is 3. The highest BCUT2D eigenvalue weighted by Gasteiger charge is 2.41. The summed E-state index contributed by atoms with van der Waals surface area (Å²) in [5.41, 5.74) is 1.24. The molecule has 1 aliphatic heterocycles. The quantitative estimate of drug-likeness (QED) is 0.637. The maximum atomic E-state index is 13.1. The molecule has 31 heavy (non-hydrogen) atoms. The Morgan fingerprint density at radius 2 is 2.00 bits per heavy atom. The van der Waals surface area contributed by atoms with Crippen LogP contribution in [0.2, 0.25) is 0 Å². The third kappa shape index (κ3) is 3.94. The molecule has 1 aliphatic rings. The number of pyridine rings is 1. The predicted octanol–water partition coefficient (Wildman–Crippen LogP) is 2.95. The number of nitrogens with zero attached hydrogens (tertiary/aromatic N) is 4. The van der Waals surface area contributed by atoms with Crippen LogP contribution in [0.4, 0.5) is 4.39 Å². The van der Waals surface area contributed by atoms with Crippen molar-refractivity contribution in [3.05, 3.63) is 94.2 Å². The minimum Gasteiger partial charge on any atom is -0.501 e. The molecule has 3 heterocycles. The van der Waals surface area contributed by atoms with Gasteiger partial charge in [-0.2, -0.15) is 0 Å². The van der Waals surface area contributed by atoms with E-state index in [1.54, 1.807) is 24.5 Å². The Hall–Kier alpha value is -3.52. The molecule has 160 valence electrons. The van der Waals surface area contributed by atoms with Crippen molar-refractivity contribution in [1.29, 1.82) is 0 Å². The van der Waals surface area contributed by atoms with E-state index in [0.29, 0.717) is 31.3 Å². The second-order valence-electron chi connectivity index (χ2n) is 8.08. The fraction of sp³-hybridized carbons (Fsp3) is 0.261. The standard InChI is InChI=1S/C23H24FN5O2/c1-15(26-12-16-6-8-18(24)9-7-16)19-20(30)21(31)29-14-28(23(2,3)22(29)27-19)13-17-5-4-10-25-11-17/h4-11,26,30H,1,12-14H2,2-3H3. The number of hydrogen-bond donors (Lipinski definition) is 2. The smallest absolute Gasteiger partial charge is 0.297 e. The van der Waals surface area contributed by atoms with E-state index < -0.39 is 16.8 Å². The molecular formula is C23H24FN5O2. The van der Waals surface area contributed by atoms with Crippen LogP contribution in [0, 0.1) is 5.82 Å². The largest absolute Gasteiger partial charge is 0.501 e. The molecule has 8 heteroatoms. The summed E-state index contributed by atoms with van der Waals surface area (Å²) in [6.45, 7) is 9.18. The first kappa shape index (κ1) is 20.7. The summed E-state index contributed by atoms with van der Waals surface area (Å²) in [5.74, 6) is -0.204. The van der Waals surface area contributed by atoms with Gasteiger partial charge < -0.3 is 10.4 Å². The molecule has 0 fully saturated rings. The highest BCUT2D eigenvalue weighted by molar-refractivity contribution is 5.63. The highest BCUT2D eigenvalue weighted by Crippen LogP contribution is 2.35. The number of fused-ring (bicyclic) bond motifs is 1. The van der Waals surface area contributed by atoms with E-state index in [0.717, 1.165) is 11.1 Å². The third-order valence-corrected chi connectivity index (χ3v) is 5.60. The van der Waals surface area contributed by atoms with Gasteiger partial charge in [0.05, 0.1) is 17.9 Å². The molecule has 1 aromatic carbocycles. The highest BCUT2D eigenvalue weighted by atomic mass is 19.1. The maximum absolute atomic E-state index is 13.1. The van der Waals surface area contributed by atoms with E-state index >= 15 is 0 Å². The Bertz CT molecular complexity index is 1170. The Balaban J connectivity index is 1.59. The monoisotopic (exact) mass is 421 g/mol. The van der Waals surface area contributed by atoms with Crippen LogP contribution in [-0.4, -0.2) is 24.5 Å². The Morgan fingerprint density at radius 3 is 2.68 bits per heavy atom. The zero-order valence-electron chi connectivity index (χ0n) is 17.5. The van der Waals surface area contributed by atoms with Gasteiger partial charge in [-0.15, -0.1) is 0 Å². The first-order valence-electron chi connectivity index (χ1n) is 9.93. The number of hydrogen-bond acceptors (Lipinski definition) is 6. The second-order valence-corrected chi connectivity index (χ2v) is 8.08. The lowest BCUT2D eigenvalue weighted by Gasteiger charge is -2.30. The molecule has 7 nitrogen and oxygen atoms in total. The maximum Gasteiger partial charge on any atom is 0.297 e. The Labute approximate surface area is 179 Å². The SMILES string of the molecule is C=C(NCc1ccc(F)cc1)c1nc2n(c(=O)c1O)CN(Cc1cccnc1)C2(C)C. The van der Waals surface area contributed by atoms with Crippen LogP contribution in [0.5, 0.6) is 5.75 Å². The molecule has 3 aromatic rings. The van der Waals surface area contributed by atoms with Gasteiger partial charge in [-0.25, -0.2) is 9.37 Å². The third-order valence-electron chi connectivity index (χ3n) is 5.60. The molecule has 0 bridgehead atoms. The van der Waals surface area contributed by atoms with Gasteiger partial charge in [0.2, 0.25) is 5.75 Å². The van der Waals surface area contributed by atoms with Crippen molar-refractivity contribution in [2.24, 2.45) is 0 Å². The summed E-state index contributed by atoms with van der Waals surface area (Å²) in [6, 6.07) is 9.90. The summed E-state index contributed by atoms with van der Waals surface area (Å²) in [6.07, 6.45) is 3.51. The van der Waals surface area contributed by atoms with E-state index in [1.807, 2.05) is 26.0 Å². The van der Waals surface area contributed by atoms with Crippen LogP contribution in [0.3, 0.4) is 0 Å². The fourth-order valence-electron chi connectivity index (χ4n) is 3.70. The van der Waals surface area contributed by atoms with Crippen molar-refractivity contribution in [3.8, 4) is 5.75 Å². The van der Waals surface area contributed by atoms with Gasteiger partial charge in [0, 0.05) is 25.5 Å². The molecule has 0 amide bonds. The van der Waals surface area contributed by atoms with Crippen molar-refractivity contribution >= 4 is 5.70 Å². The van der Waals surface area contributed by atoms with Gasteiger partial charge in [0.25, 0.3) is 5.56 Å². The van der Waals surface area contributed by atoms with Crippen LogP contribution in [0.15, 0.2) is 60.2 Å². The van der Waals surface area contributed by atoms with Gasteiger partial charge in [-0.1, -0.05) is 24.8 Å². The molecular weight excluding hydrogens is 397 g/mol. The summed E-state index contributed by atoms with van der Waals surface area (Å²) >= 11 is 0. The second kappa shape index (κ2) is 7.96. The zero-order valence-corrected chi connectivity index (χ0v) is 17.5. The van der Waals surface area contributed by atoms with Crippen LogP contribution in [0.25, 0.3) is 5.70 Å². The summed E-state index contributed by atoms with van der Waals surface area (Å²) in [7, 11) is 0. The van der Waals surface area contributed by atoms with E-state index in [4.69, 9.17) is 0 Å². The number of benzene rings is 1. The molecule has 0 unspecified atom stereocenters. The number of rotatable bonds is 6. The molecule has 0 spiro atoms. The normalized spacial score (nSPS) is 14.9. The van der Waals surface area contributed by atoms with Gasteiger partial charge in [0.1, 0.15) is 17.3 Å². The molecule has 0 atom stereocenters. The van der Waals surface area contributed by atoms with Gasteiger partial charge in [-0.05, 0) is 43.2 Å². The summed E-state index contributed by atoms with van der Waals surface area (Å²) < 4.78 is 14.6. The van der Waals surface area contributed by atoms with Gasteiger partial charge in [-0.3, -0.25) is 19.2 Å². The number of nitrogens with one attached hydrogen (secondary N) is 1. The topological polar surface area (TPSA) is 83.3 Å². The van der Waals surface area contributed by atoms with Crippen molar-refractivity contribution < 1.29 is 9.50 Å². The van der Waals surface area contributed by atoms with Crippen LogP contribution >= 0.6 is 0 Å². The Kier molecular flexibility index (Phi) is 5.32. The van der Waals surface area contributed by atoms with Gasteiger partial charge >= 0.3 is 0 Å². The van der Waals surface area contributed by atoms with Crippen molar-refractivity contribution in [2.75, 3.05) is 0 Å².